The summed E-state index contributed by atoms with van der Waals surface area (Å²) in [5.41, 5.74) is 2.05. The molecule has 0 fully saturated rings. The average Bonchev–Trinajstić information content (AvgIpc) is 3.07. The van der Waals surface area contributed by atoms with Gasteiger partial charge in [-0.1, -0.05) is 0 Å². The third-order valence-electron chi connectivity index (χ3n) is 4.25. The number of phenolic OH excluding ortho intramolecular Hbond substituents is 1. The topological polar surface area (TPSA) is 57.2 Å². The number of rotatable bonds is 0. The Morgan fingerprint density at radius 2 is 1.71 bits per heavy atom. The van der Waals surface area contributed by atoms with Crippen LogP contribution < -0.4 is 18.9 Å². The molecule has 0 saturated heterocycles. The van der Waals surface area contributed by atoms with Gasteiger partial charge < -0.3 is 24.1 Å². The summed E-state index contributed by atoms with van der Waals surface area (Å²) in [4.78, 5) is 0. The standard InChI is InChI=1S/C16H12O5/c17-8-1-2-9-12(3-8)18-6-11-10-4-14-15(20-7-19-14)5-13(10)21-16(9)11/h1-5,11,16-17H,6-7H2/t11-,16?/m0/s1. The summed E-state index contributed by atoms with van der Waals surface area (Å²) in [6, 6.07) is 9.01. The van der Waals surface area contributed by atoms with Gasteiger partial charge in [0.25, 0.3) is 0 Å². The molecule has 106 valence electrons. The van der Waals surface area contributed by atoms with Crippen LogP contribution in [-0.2, 0) is 0 Å². The predicted octanol–water partition coefficient (Wildman–Crippen LogP) is 2.73. The van der Waals surface area contributed by atoms with Crippen molar-refractivity contribution in [2.75, 3.05) is 13.4 Å². The van der Waals surface area contributed by atoms with E-state index in [1.54, 1.807) is 12.1 Å². The Morgan fingerprint density at radius 1 is 0.857 bits per heavy atom. The van der Waals surface area contributed by atoms with Crippen molar-refractivity contribution in [3.8, 4) is 28.7 Å². The van der Waals surface area contributed by atoms with Crippen molar-refractivity contribution in [3.05, 3.63) is 41.5 Å². The highest BCUT2D eigenvalue weighted by Crippen LogP contribution is 2.54. The van der Waals surface area contributed by atoms with Gasteiger partial charge in [-0.2, -0.15) is 0 Å². The molecule has 2 aromatic carbocycles. The van der Waals surface area contributed by atoms with E-state index in [1.165, 1.54) is 0 Å². The minimum atomic E-state index is -0.0909. The third-order valence-corrected chi connectivity index (χ3v) is 4.25. The SMILES string of the molecule is Oc1ccc2c(c1)OC[C@H]1c3cc4c(cc3OC21)OCO4. The van der Waals surface area contributed by atoms with Crippen LogP contribution in [-0.4, -0.2) is 18.5 Å². The van der Waals surface area contributed by atoms with Crippen LogP contribution in [0.4, 0.5) is 0 Å². The van der Waals surface area contributed by atoms with Crippen LogP contribution in [0.2, 0.25) is 0 Å². The third kappa shape index (κ3) is 1.46. The minimum absolute atomic E-state index is 0.0909. The van der Waals surface area contributed by atoms with Crippen LogP contribution in [0.3, 0.4) is 0 Å². The fraction of sp³-hybridized carbons (Fsp3) is 0.250. The average molecular weight is 284 g/mol. The predicted molar refractivity (Wildman–Crippen MR) is 72.3 cm³/mol. The monoisotopic (exact) mass is 284 g/mol. The first-order chi connectivity index (χ1) is 10.3. The summed E-state index contributed by atoms with van der Waals surface area (Å²) in [6.45, 7) is 0.776. The Hall–Kier alpha value is -2.56. The lowest BCUT2D eigenvalue weighted by Crippen LogP contribution is -2.23. The van der Waals surface area contributed by atoms with Gasteiger partial charge in [-0.05, 0) is 18.2 Å². The van der Waals surface area contributed by atoms with Crippen LogP contribution in [0.25, 0.3) is 0 Å². The smallest absolute Gasteiger partial charge is 0.231 e. The Labute approximate surface area is 120 Å². The maximum absolute atomic E-state index is 9.56. The zero-order valence-corrected chi connectivity index (χ0v) is 11.0. The lowest BCUT2D eigenvalue weighted by molar-refractivity contribution is 0.138. The molecule has 2 aromatic rings. The van der Waals surface area contributed by atoms with E-state index in [-0.39, 0.29) is 24.6 Å². The summed E-state index contributed by atoms with van der Waals surface area (Å²) in [7, 11) is 0. The normalized spacial score (nSPS) is 23.6. The molecule has 2 atom stereocenters. The molecule has 3 aliphatic rings. The highest BCUT2D eigenvalue weighted by Gasteiger charge is 2.42. The number of phenols is 1. The molecule has 0 saturated carbocycles. The Kier molecular flexibility index (Phi) is 1.99. The Bertz CT molecular complexity index is 755. The van der Waals surface area contributed by atoms with Gasteiger partial charge in [0.2, 0.25) is 6.79 Å². The van der Waals surface area contributed by atoms with E-state index in [1.807, 2.05) is 18.2 Å². The lowest BCUT2D eigenvalue weighted by Gasteiger charge is -2.27. The van der Waals surface area contributed by atoms with Crippen LogP contribution in [0.15, 0.2) is 30.3 Å². The molecule has 0 aromatic heterocycles. The summed E-state index contributed by atoms with van der Waals surface area (Å²) >= 11 is 0. The van der Waals surface area contributed by atoms with Gasteiger partial charge in [-0.25, -0.2) is 0 Å². The zero-order chi connectivity index (χ0) is 14.0. The Morgan fingerprint density at radius 3 is 2.62 bits per heavy atom. The van der Waals surface area contributed by atoms with Crippen molar-refractivity contribution in [1.82, 2.24) is 0 Å². The molecule has 0 radical (unpaired) electrons. The van der Waals surface area contributed by atoms with Gasteiger partial charge in [-0.3, -0.25) is 0 Å². The number of hydrogen-bond donors (Lipinski definition) is 1. The maximum atomic E-state index is 9.56. The van der Waals surface area contributed by atoms with E-state index in [0.717, 1.165) is 28.4 Å². The first kappa shape index (κ1) is 11.1. The van der Waals surface area contributed by atoms with Gasteiger partial charge in [0.1, 0.15) is 23.4 Å². The zero-order valence-electron chi connectivity index (χ0n) is 11.0. The molecule has 3 heterocycles. The number of fused-ring (bicyclic) bond motifs is 6. The molecule has 21 heavy (non-hydrogen) atoms. The van der Waals surface area contributed by atoms with Crippen LogP contribution in [0, 0.1) is 0 Å². The Balaban J connectivity index is 1.62. The molecular weight excluding hydrogens is 272 g/mol. The van der Waals surface area contributed by atoms with E-state index in [9.17, 15) is 5.11 Å². The van der Waals surface area contributed by atoms with Gasteiger partial charge in [-0.15, -0.1) is 0 Å². The molecule has 0 bridgehead atoms. The minimum Gasteiger partial charge on any atom is -0.508 e. The molecule has 0 aliphatic carbocycles. The van der Waals surface area contributed by atoms with E-state index >= 15 is 0 Å². The molecular formula is C16H12O5. The molecule has 5 nitrogen and oxygen atoms in total. The highest BCUT2D eigenvalue weighted by molar-refractivity contribution is 5.57. The first-order valence-electron chi connectivity index (χ1n) is 6.85. The maximum Gasteiger partial charge on any atom is 0.231 e. The van der Waals surface area contributed by atoms with Crippen molar-refractivity contribution in [1.29, 1.82) is 0 Å². The molecule has 5 heteroatoms. The van der Waals surface area contributed by atoms with Crippen LogP contribution in [0.1, 0.15) is 23.1 Å². The number of aromatic hydroxyl groups is 1. The van der Waals surface area contributed by atoms with E-state index in [2.05, 4.69) is 0 Å². The van der Waals surface area contributed by atoms with E-state index < -0.39 is 0 Å². The second-order valence-electron chi connectivity index (χ2n) is 5.42. The van der Waals surface area contributed by atoms with Gasteiger partial charge in [0.05, 0.1) is 12.5 Å². The summed E-state index contributed by atoms with van der Waals surface area (Å²) in [5.74, 6) is 3.31. The lowest BCUT2D eigenvalue weighted by atomic mass is 9.89. The molecule has 0 spiro atoms. The fourth-order valence-corrected chi connectivity index (χ4v) is 3.23. The largest absolute Gasteiger partial charge is 0.508 e. The van der Waals surface area contributed by atoms with Crippen molar-refractivity contribution in [2.24, 2.45) is 0 Å². The molecule has 0 amide bonds. The quantitative estimate of drug-likeness (QED) is 0.806. The summed E-state index contributed by atoms with van der Waals surface area (Å²) in [5, 5.41) is 9.56. The number of hydrogen-bond acceptors (Lipinski definition) is 5. The van der Waals surface area contributed by atoms with Crippen LogP contribution >= 0.6 is 0 Å². The summed E-state index contributed by atoms with van der Waals surface area (Å²) in [6.07, 6.45) is -0.0909. The van der Waals surface area contributed by atoms with E-state index in [4.69, 9.17) is 18.9 Å². The van der Waals surface area contributed by atoms with E-state index in [0.29, 0.717) is 12.4 Å². The van der Waals surface area contributed by atoms with Crippen molar-refractivity contribution < 1.29 is 24.1 Å². The fourth-order valence-electron chi connectivity index (χ4n) is 3.23. The van der Waals surface area contributed by atoms with Crippen molar-refractivity contribution in [2.45, 2.75) is 12.0 Å². The van der Waals surface area contributed by atoms with Gasteiger partial charge in [0.15, 0.2) is 11.5 Å². The van der Waals surface area contributed by atoms with Crippen LogP contribution in [0.5, 0.6) is 28.7 Å². The second-order valence-corrected chi connectivity index (χ2v) is 5.42. The number of benzene rings is 2. The molecule has 1 N–H and O–H groups in total. The van der Waals surface area contributed by atoms with Gasteiger partial charge in [0, 0.05) is 23.3 Å². The first-order valence-corrected chi connectivity index (χ1v) is 6.85. The van der Waals surface area contributed by atoms with Crippen molar-refractivity contribution in [3.63, 3.8) is 0 Å². The van der Waals surface area contributed by atoms with Gasteiger partial charge >= 0.3 is 0 Å². The molecule has 1 unspecified atom stereocenters. The molecule has 3 aliphatic heterocycles. The van der Waals surface area contributed by atoms with Crippen molar-refractivity contribution >= 4 is 0 Å². The molecule has 5 rings (SSSR count). The number of ether oxygens (including phenoxy) is 4. The highest BCUT2D eigenvalue weighted by atomic mass is 16.7. The summed E-state index contributed by atoms with van der Waals surface area (Å²) < 4.78 is 22.7. The second kappa shape index (κ2) is 3.75.